The monoisotopic (exact) mass is 679 g/mol. The van der Waals surface area contributed by atoms with Crippen LogP contribution >= 0.6 is 11.3 Å². The smallest absolute Gasteiger partial charge is 0.308 e. The third kappa shape index (κ3) is 9.15. The van der Waals surface area contributed by atoms with Gasteiger partial charge in [0, 0.05) is 65.8 Å². The summed E-state index contributed by atoms with van der Waals surface area (Å²) in [5.41, 5.74) is 4.14. The quantitative estimate of drug-likeness (QED) is 0.105. The first-order valence-electron chi connectivity index (χ1n) is 17.1. The number of hydrogen-bond donors (Lipinski definition) is 1. The van der Waals surface area contributed by atoms with Crippen LogP contribution in [-0.2, 0) is 21.4 Å². The molecule has 0 radical (unpaired) electrons. The summed E-state index contributed by atoms with van der Waals surface area (Å²) in [6.45, 7) is 8.98. The number of hydrogen-bond acceptors (Lipinski definition) is 7. The van der Waals surface area contributed by atoms with E-state index in [1.54, 1.807) is 17.3 Å². The fraction of sp³-hybridized carbons (Fsp3) is 0.400. The lowest BCUT2D eigenvalue weighted by Crippen LogP contribution is -2.37. The SMILES string of the molecule is CCCCCC(=O)c1ccc(-c2cnc(-c3ccc(C[C@H](CC(=O)c4ccc(C(C)(C)C)s4)C(=O)N4CC[C@H](C(=O)O)C4)cc3)nc2)cc1. The molecule has 2 aromatic heterocycles. The fourth-order valence-electron chi connectivity index (χ4n) is 6.11. The standard InChI is InChI=1S/C40H45N3O5S/c1-5-6-7-8-33(44)28-15-13-27(14-16-28)32-23-41-37(42-24-32)29-11-9-26(10-12-29)21-31(38(46)43-20-19-30(25-43)39(47)48)22-34(45)35-17-18-36(49-35)40(2,3)4/h9-18,23-24,30-31H,5-8,19-22,25H2,1-4H3,(H,47,48)/t30-,31+/m0/s1. The van der Waals surface area contributed by atoms with Crippen LogP contribution in [0.2, 0.25) is 0 Å². The number of ketones is 2. The van der Waals surface area contributed by atoms with Gasteiger partial charge in [0.25, 0.3) is 0 Å². The second-order valence-electron chi connectivity index (χ2n) is 14.0. The van der Waals surface area contributed by atoms with Crippen molar-refractivity contribution in [2.45, 2.75) is 78.1 Å². The van der Waals surface area contributed by atoms with E-state index in [-0.39, 0.29) is 35.9 Å². The summed E-state index contributed by atoms with van der Waals surface area (Å²) in [5.74, 6) is -1.62. The maximum absolute atomic E-state index is 13.7. The number of aromatic nitrogens is 2. The molecule has 1 N–H and O–H groups in total. The van der Waals surface area contributed by atoms with Crippen LogP contribution in [0.25, 0.3) is 22.5 Å². The highest BCUT2D eigenvalue weighted by Gasteiger charge is 2.35. The lowest BCUT2D eigenvalue weighted by Gasteiger charge is -2.23. The molecule has 1 saturated heterocycles. The second kappa shape index (κ2) is 15.8. The molecular formula is C40H45N3O5S. The molecule has 1 aliphatic heterocycles. The molecular weight excluding hydrogens is 635 g/mol. The van der Waals surface area contributed by atoms with Crippen molar-refractivity contribution >= 4 is 34.8 Å². The van der Waals surface area contributed by atoms with E-state index in [1.807, 2.05) is 60.7 Å². The van der Waals surface area contributed by atoms with Crippen LogP contribution in [0.4, 0.5) is 0 Å². The molecule has 5 rings (SSSR count). The Morgan fingerprint density at radius 1 is 0.878 bits per heavy atom. The number of rotatable bonds is 14. The minimum Gasteiger partial charge on any atom is -0.481 e. The molecule has 4 aromatic rings. The van der Waals surface area contributed by atoms with E-state index in [0.29, 0.717) is 36.5 Å². The molecule has 3 heterocycles. The van der Waals surface area contributed by atoms with E-state index in [0.717, 1.165) is 52.0 Å². The zero-order chi connectivity index (χ0) is 35.1. The van der Waals surface area contributed by atoms with Gasteiger partial charge in [0.1, 0.15) is 0 Å². The zero-order valence-electron chi connectivity index (χ0n) is 28.8. The number of aliphatic carboxylic acids is 1. The van der Waals surface area contributed by atoms with Gasteiger partial charge in [0.2, 0.25) is 5.91 Å². The topological polar surface area (TPSA) is 118 Å². The predicted octanol–water partition coefficient (Wildman–Crippen LogP) is 8.30. The van der Waals surface area contributed by atoms with Crippen molar-refractivity contribution in [3.63, 3.8) is 0 Å². The maximum atomic E-state index is 13.7. The van der Waals surface area contributed by atoms with Gasteiger partial charge in [-0.15, -0.1) is 11.3 Å². The van der Waals surface area contributed by atoms with Crippen molar-refractivity contribution < 1.29 is 24.3 Å². The molecule has 0 spiro atoms. The normalized spacial score (nSPS) is 15.3. The number of thiophene rings is 1. The highest BCUT2D eigenvalue weighted by Crippen LogP contribution is 2.32. The molecule has 0 aliphatic carbocycles. The number of nitrogens with zero attached hydrogens (tertiary/aromatic N) is 3. The lowest BCUT2D eigenvalue weighted by atomic mass is 9.92. The minimum absolute atomic E-state index is 0.0531. The van der Waals surface area contributed by atoms with E-state index in [9.17, 15) is 24.3 Å². The number of carbonyl (C=O) groups is 4. The van der Waals surface area contributed by atoms with Crippen molar-refractivity contribution in [2.75, 3.05) is 13.1 Å². The molecule has 2 aromatic carbocycles. The number of benzene rings is 2. The van der Waals surface area contributed by atoms with Crippen molar-refractivity contribution in [1.29, 1.82) is 0 Å². The van der Waals surface area contributed by atoms with Gasteiger partial charge in [-0.2, -0.15) is 0 Å². The Labute approximate surface area is 292 Å². The molecule has 49 heavy (non-hydrogen) atoms. The van der Waals surface area contributed by atoms with Crippen molar-refractivity contribution in [3.8, 4) is 22.5 Å². The van der Waals surface area contributed by atoms with Crippen LogP contribution < -0.4 is 0 Å². The van der Waals surface area contributed by atoms with Crippen LogP contribution in [0, 0.1) is 11.8 Å². The molecule has 1 fully saturated rings. The molecule has 0 saturated carbocycles. The Kier molecular flexibility index (Phi) is 11.5. The molecule has 2 atom stereocenters. The van der Waals surface area contributed by atoms with Gasteiger partial charge < -0.3 is 10.0 Å². The number of carboxylic acids is 1. The van der Waals surface area contributed by atoms with E-state index >= 15 is 0 Å². The van der Waals surface area contributed by atoms with E-state index in [1.165, 1.54) is 11.3 Å². The predicted molar refractivity (Wildman–Crippen MR) is 193 cm³/mol. The van der Waals surface area contributed by atoms with Crippen molar-refractivity contribution in [3.05, 3.63) is 93.9 Å². The first kappa shape index (κ1) is 35.8. The van der Waals surface area contributed by atoms with Gasteiger partial charge in [-0.3, -0.25) is 19.2 Å². The minimum atomic E-state index is -0.898. The van der Waals surface area contributed by atoms with Gasteiger partial charge in [-0.1, -0.05) is 89.1 Å². The summed E-state index contributed by atoms with van der Waals surface area (Å²) in [5, 5.41) is 9.49. The Bertz CT molecular complexity index is 1770. The lowest BCUT2D eigenvalue weighted by molar-refractivity contribution is -0.141. The molecule has 256 valence electrons. The average molecular weight is 680 g/mol. The number of unbranched alkanes of at least 4 members (excludes halogenated alkanes) is 2. The fourth-order valence-corrected chi connectivity index (χ4v) is 7.12. The second-order valence-corrected chi connectivity index (χ2v) is 15.1. The van der Waals surface area contributed by atoms with Gasteiger partial charge in [-0.05, 0) is 47.9 Å². The van der Waals surface area contributed by atoms with Gasteiger partial charge in [0.05, 0.1) is 10.8 Å². The number of carbonyl (C=O) groups excluding carboxylic acids is 3. The third-order valence-electron chi connectivity index (χ3n) is 9.14. The first-order valence-corrected chi connectivity index (χ1v) is 17.9. The van der Waals surface area contributed by atoms with Gasteiger partial charge in [-0.25, -0.2) is 9.97 Å². The Hall–Kier alpha value is -4.50. The highest BCUT2D eigenvalue weighted by atomic mass is 32.1. The average Bonchev–Trinajstić information content (AvgIpc) is 3.80. The van der Waals surface area contributed by atoms with E-state index in [2.05, 4.69) is 37.7 Å². The molecule has 8 nitrogen and oxygen atoms in total. The van der Waals surface area contributed by atoms with E-state index < -0.39 is 17.8 Å². The van der Waals surface area contributed by atoms with Crippen molar-refractivity contribution in [1.82, 2.24) is 14.9 Å². The van der Waals surface area contributed by atoms with Crippen LogP contribution in [0.5, 0.6) is 0 Å². The highest BCUT2D eigenvalue weighted by molar-refractivity contribution is 7.14. The maximum Gasteiger partial charge on any atom is 0.308 e. The Balaban J connectivity index is 1.27. The summed E-state index contributed by atoms with van der Waals surface area (Å²) >= 11 is 1.47. The summed E-state index contributed by atoms with van der Waals surface area (Å²) < 4.78 is 0. The van der Waals surface area contributed by atoms with Gasteiger partial charge >= 0.3 is 5.97 Å². The first-order chi connectivity index (χ1) is 23.4. The van der Waals surface area contributed by atoms with Crippen molar-refractivity contribution in [2.24, 2.45) is 11.8 Å². The number of likely N-dealkylation sites (tertiary alicyclic amines) is 1. The largest absolute Gasteiger partial charge is 0.481 e. The zero-order valence-corrected chi connectivity index (χ0v) is 29.6. The number of amides is 1. The van der Waals surface area contributed by atoms with Crippen LogP contribution in [0.1, 0.15) is 96.7 Å². The van der Waals surface area contributed by atoms with Crippen LogP contribution in [0.3, 0.4) is 0 Å². The van der Waals surface area contributed by atoms with E-state index in [4.69, 9.17) is 0 Å². The summed E-state index contributed by atoms with van der Waals surface area (Å²) in [4.78, 5) is 63.7. The molecule has 1 amide bonds. The Morgan fingerprint density at radius 3 is 2.14 bits per heavy atom. The van der Waals surface area contributed by atoms with Gasteiger partial charge in [0.15, 0.2) is 17.4 Å². The number of carboxylic acid groups (broad SMARTS) is 1. The summed E-state index contributed by atoms with van der Waals surface area (Å²) in [6.07, 6.45) is 7.98. The molecule has 9 heteroatoms. The third-order valence-corrected chi connectivity index (χ3v) is 10.7. The molecule has 0 unspecified atom stereocenters. The summed E-state index contributed by atoms with van der Waals surface area (Å²) in [7, 11) is 0. The summed E-state index contributed by atoms with van der Waals surface area (Å²) in [6, 6.07) is 19.1. The van der Waals surface area contributed by atoms with Crippen LogP contribution in [-0.4, -0.2) is 56.5 Å². The number of Topliss-reactive ketones (excluding diaryl/α,β-unsaturated/α-hetero) is 2. The molecule has 0 bridgehead atoms. The molecule has 1 aliphatic rings. The van der Waals surface area contributed by atoms with Crippen LogP contribution in [0.15, 0.2) is 73.1 Å². The Morgan fingerprint density at radius 2 is 1.55 bits per heavy atom.